The van der Waals surface area contributed by atoms with Crippen molar-refractivity contribution in [2.45, 2.75) is 45.4 Å². The largest absolute Gasteiger partial charge is 0.330 e. The molecule has 0 aliphatic carbocycles. The van der Waals surface area contributed by atoms with Crippen LogP contribution in [-0.2, 0) is 0 Å². The van der Waals surface area contributed by atoms with Crippen LogP contribution in [0.25, 0.3) is 0 Å². The van der Waals surface area contributed by atoms with E-state index in [9.17, 15) is 0 Å². The SMILES string of the molecule is C=CC(CCCN)CCCCC. The van der Waals surface area contributed by atoms with Gasteiger partial charge in [0.1, 0.15) is 0 Å². The zero-order valence-electron chi connectivity index (χ0n) is 8.39. The first-order valence-electron chi connectivity index (χ1n) is 5.17. The van der Waals surface area contributed by atoms with E-state index in [0.717, 1.165) is 13.0 Å². The van der Waals surface area contributed by atoms with Crippen molar-refractivity contribution in [3.8, 4) is 0 Å². The first-order chi connectivity index (χ1) is 5.85. The highest BCUT2D eigenvalue weighted by Crippen LogP contribution is 2.15. The van der Waals surface area contributed by atoms with E-state index in [1.807, 2.05) is 0 Å². The van der Waals surface area contributed by atoms with Crippen LogP contribution in [0.15, 0.2) is 12.7 Å². The lowest BCUT2D eigenvalue weighted by molar-refractivity contribution is 0.496. The van der Waals surface area contributed by atoms with E-state index in [2.05, 4.69) is 19.6 Å². The van der Waals surface area contributed by atoms with Crippen molar-refractivity contribution in [1.82, 2.24) is 0 Å². The van der Waals surface area contributed by atoms with E-state index in [1.54, 1.807) is 0 Å². The molecule has 0 fully saturated rings. The fourth-order valence-corrected chi connectivity index (χ4v) is 1.42. The van der Waals surface area contributed by atoms with Crippen LogP contribution in [0, 0.1) is 5.92 Å². The molecule has 0 bridgehead atoms. The molecule has 0 rings (SSSR count). The number of allylic oxidation sites excluding steroid dienone is 1. The molecule has 0 aromatic carbocycles. The molecule has 12 heavy (non-hydrogen) atoms. The van der Waals surface area contributed by atoms with Crippen molar-refractivity contribution in [2.24, 2.45) is 11.7 Å². The predicted molar refractivity (Wildman–Crippen MR) is 56.1 cm³/mol. The van der Waals surface area contributed by atoms with Crippen LogP contribution >= 0.6 is 0 Å². The first kappa shape index (κ1) is 11.7. The van der Waals surface area contributed by atoms with E-state index >= 15 is 0 Å². The summed E-state index contributed by atoms with van der Waals surface area (Å²) in [5.41, 5.74) is 5.45. The van der Waals surface area contributed by atoms with E-state index < -0.39 is 0 Å². The maximum absolute atomic E-state index is 5.45. The molecule has 0 saturated carbocycles. The molecular weight excluding hydrogens is 146 g/mol. The maximum atomic E-state index is 5.45. The lowest BCUT2D eigenvalue weighted by Crippen LogP contribution is -2.03. The second kappa shape index (κ2) is 8.79. The Hall–Kier alpha value is -0.300. The van der Waals surface area contributed by atoms with Crippen LogP contribution in [0.4, 0.5) is 0 Å². The zero-order chi connectivity index (χ0) is 9.23. The quantitative estimate of drug-likeness (QED) is 0.438. The lowest BCUT2D eigenvalue weighted by atomic mass is 9.96. The Morgan fingerprint density at radius 3 is 2.42 bits per heavy atom. The molecule has 0 saturated heterocycles. The highest BCUT2D eigenvalue weighted by molar-refractivity contribution is 4.78. The van der Waals surface area contributed by atoms with Gasteiger partial charge in [0.25, 0.3) is 0 Å². The summed E-state index contributed by atoms with van der Waals surface area (Å²) in [7, 11) is 0. The van der Waals surface area contributed by atoms with Gasteiger partial charge in [-0.2, -0.15) is 0 Å². The monoisotopic (exact) mass is 169 g/mol. The lowest BCUT2D eigenvalue weighted by Gasteiger charge is -2.10. The van der Waals surface area contributed by atoms with Crippen molar-refractivity contribution in [1.29, 1.82) is 0 Å². The highest BCUT2D eigenvalue weighted by Gasteiger charge is 2.02. The Labute approximate surface area is 77.0 Å². The third-order valence-corrected chi connectivity index (χ3v) is 2.29. The summed E-state index contributed by atoms with van der Waals surface area (Å²) in [5, 5.41) is 0. The van der Waals surface area contributed by atoms with Crippen LogP contribution in [-0.4, -0.2) is 6.54 Å². The average Bonchev–Trinajstić information content (AvgIpc) is 2.11. The van der Waals surface area contributed by atoms with Gasteiger partial charge in [-0.05, 0) is 31.7 Å². The number of hydrogen-bond donors (Lipinski definition) is 1. The Kier molecular flexibility index (Phi) is 8.57. The molecule has 0 aromatic heterocycles. The smallest absolute Gasteiger partial charge is 0.00771 e. The first-order valence-corrected chi connectivity index (χ1v) is 5.17. The van der Waals surface area contributed by atoms with E-state index in [1.165, 1.54) is 32.1 Å². The zero-order valence-corrected chi connectivity index (χ0v) is 8.39. The fourth-order valence-electron chi connectivity index (χ4n) is 1.42. The van der Waals surface area contributed by atoms with Crippen molar-refractivity contribution in [3.05, 3.63) is 12.7 Å². The van der Waals surface area contributed by atoms with Crippen LogP contribution in [0.5, 0.6) is 0 Å². The Morgan fingerprint density at radius 1 is 1.25 bits per heavy atom. The van der Waals surface area contributed by atoms with Crippen molar-refractivity contribution in [2.75, 3.05) is 6.54 Å². The van der Waals surface area contributed by atoms with Gasteiger partial charge in [0.2, 0.25) is 0 Å². The van der Waals surface area contributed by atoms with Crippen LogP contribution in [0.3, 0.4) is 0 Å². The molecule has 1 unspecified atom stereocenters. The minimum atomic E-state index is 0.708. The standard InChI is InChI=1S/C11H23N/c1-3-5-6-8-11(4-2)9-7-10-12/h4,11H,2-3,5-10,12H2,1H3. The van der Waals surface area contributed by atoms with E-state index in [0.29, 0.717) is 5.92 Å². The molecule has 72 valence electrons. The summed E-state index contributed by atoms with van der Waals surface area (Å²) in [5.74, 6) is 0.708. The Bertz CT molecular complexity index is 99.2. The van der Waals surface area contributed by atoms with E-state index in [4.69, 9.17) is 5.73 Å². The van der Waals surface area contributed by atoms with Gasteiger partial charge in [0, 0.05) is 0 Å². The number of rotatable bonds is 8. The molecule has 1 atom stereocenters. The number of unbranched alkanes of at least 4 members (excludes halogenated alkanes) is 2. The third-order valence-electron chi connectivity index (χ3n) is 2.29. The summed E-state index contributed by atoms with van der Waals surface area (Å²) in [6, 6.07) is 0. The summed E-state index contributed by atoms with van der Waals surface area (Å²) in [6.07, 6.45) is 9.76. The van der Waals surface area contributed by atoms with Crippen LogP contribution in [0.2, 0.25) is 0 Å². The van der Waals surface area contributed by atoms with Gasteiger partial charge < -0.3 is 5.73 Å². The van der Waals surface area contributed by atoms with Crippen LogP contribution < -0.4 is 5.73 Å². The summed E-state index contributed by atoms with van der Waals surface area (Å²) >= 11 is 0. The molecule has 1 heteroatoms. The van der Waals surface area contributed by atoms with E-state index in [-0.39, 0.29) is 0 Å². The fraction of sp³-hybridized carbons (Fsp3) is 0.818. The Balaban J connectivity index is 3.32. The molecule has 0 radical (unpaired) electrons. The molecule has 0 heterocycles. The molecule has 0 spiro atoms. The van der Waals surface area contributed by atoms with Gasteiger partial charge in [0.15, 0.2) is 0 Å². The molecule has 0 amide bonds. The number of nitrogens with two attached hydrogens (primary N) is 1. The topological polar surface area (TPSA) is 26.0 Å². The molecule has 0 aliphatic rings. The highest BCUT2D eigenvalue weighted by atomic mass is 14.5. The summed E-state index contributed by atoms with van der Waals surface area (Å²) in [6.45, 7) is 6.91. The summed E-state index contributed by atoms with van der Waals surface area (Å²) < 4.78 is 0. The normalized spacial score (nSPS) is 12.8. The van der Waals surface area contributed by atoms with Crippen molar-refractivity contribution >= 4 is 0 Å². The van der Waals surface area contributed by atoms with Gasteiger partial charge in [-0.1, -0.05) is 32.3 Å². The van der Waals surface area contributed by atoms with Gasteiger partial charge in [-0.25, -0.2) is 0 Å². The van der Waals surface area contributed by atoms with Crippen LogP contribution in [0.1, 0.15) is 45.4 Å². The third kappa shape index (κ3) is 6.41. The van der Waals surface area contributed by atoms with Crippen molar-refractivity contribution in [3.63, 3.8) is 0 Å². The molecule has 1 nitrogen and oxygen atoms in total. The Morgan fingerprint density at radius 2 is 1.92 bits per heavy atom. The van der Waals surface area contributed by atoms with Gasteiger partial charge in [0.05, 0.1) is 0 Å². The predicted octanol–water partition coefficient (Wildman–Crippen LogP) is 3.11. The van der Waals surface area contributed by atoms with Gasteiger partial charge in [-0.15, -0.1) is 6.58 Å². The van der Waals surface area contributed by atoms with Crippen molar-refractivity contribution < 1.29 is 0 Å². The minimum Gasteiger partial charge on any atom is -0.330 e. The molecular formula is C11H23N. The molecule has 2 N–H and O–H groups in total. The number of hydrogen-bond acceptors (Lipinski definition) is 1. The second-order valence-corrected chi connectivity index (χ2v) is 3.42. The van der Waals surface area contributed by atoms with Gasteiger partial charge in [-0.3, -0.25) is 0 Å². The maximum Gasteiger partial charge on any atom is -0.00771 e. The average molecular weight is 169 g/mol. The molecule has 0 aliphatic heterocycles. The molecule has 0 aromatic rings. The summed E-state index contributed by atoms with van der Waals surface area (Å²) in [4.78, 5) is 0. The minimum absolute atomic E-state index is 0.708. The second-order valence-electron chi connectivity index (χ2n) is 3.42. The van der Waals surface area contributed by atoms with Gasteiger partial charge >= 0.3 is 0 Å².